The number of carbonyl (C=O) groups is 1. The average Bonchev–Trinajstić information content (AvgIpc) is 2.36. The van der Waals surface area contributed by atoms with E-state index in [1.807, 2.05) is 0 Å². The summed E-state index contributed by atoms with van der Waals surface area (Å²) in [6.45, 7) is 4.52. The van der Waals surface area contributed by atoms with Crippen molar-refractivity contribution in [1.82, 2.24) is 0 Å². The summed E-state index contributed by atoms with van der Waals surface area (Å²) in [7, 11) is 0. The van der Waals surface area contributed by atoms with Gasteiger partial charge in [0.1, 0.15) is 5.75 Å². The van der Waals surface area contributed by atoms with Crippen LogP contribution < -0.4 is 10.5 Å². The molecule has 0 heterocycles. The molecule has 3 unspecified atom stereocenters. The van der Waals surface area contributed by atoms with Gasteiger partial charge in [0.05, 0.1) is 17.4 Å². The number of aromatic carboxylic acids is 1. The zero-order valence-electron chi connectivity index (χ0n) is 11.4. The van der Waals surface area contributed by atoms with Crippen LogP contribution in [0.15, 0.2) is 18.2 Å². The molecule has 1 aliphatic carbocycles. The first-order chi connectivity index (χ1) is 8.97. The van der Waals surface area contributed by atoms with E-state index >= 15 is 0 Å². The minimum absolute atomic E-state index is 0.184. The van der Waals surface area contributed by atoms with Gasteiger partial charge in [-0.3, -0.25) is 0 Å². The number of benzene rings is 1. The van der Waals surface area contributed by atoms with E-state index in [1.165, 1.54) is 18.6 Å². The van der Waals surface area contributed by atoms with Crippen molar-refractivity contribution >= 4 is 11.7 Å². The number of nitrogen functional groups attached to an aromatic ring is 1. The van der Waals surface area contributed by atoms with Gasteiger partial charge in [0.25, 0.3) is 0 Å². The molecule has 19 heavy (non-hydrogen) atoms. The van der Waals surface area contributed by atoms with E-state index in [0.717, 1.165) is 18.8 Å². The number of rotatable bonds is 3. The molecule has 4 nitrogen and oxygen atoms in total. The fourth-order valence-electron chi connectivity index (χ4n) is 2.57. The summed E-state index contributed by atoms with van der Waals surface area (Å²) in [5, 5.41) is 8.89. The van der Waals surface area contributed by atoms with Gasteiger partial charge in [-0.15, -0.1) is 0 Å². The Kier molecular flexibility index (Phi) is 3.98. The van der Waals surface area contributed by atoms with E-state index in [1.54, 1.807) is 6.07 Å². The van der Waals surface area contributed by atoms with Crippen molar-refractivity contribution in [3.8, 4) is 5.75 Å². The van der Waals surface area contributed by atoms with Crippen LogP contribution in [0.2, 0.25) is 0 Å². The van der Waals surface area contributed by atoms with E-state index in [4.69, 9.17) is 15.6 Å². The maximum Gasteiger partial charge on any atom is 0.335 e. The normalized spacial score (nSPS) is 26.9. The topological polar surface area (TPSA) is 72.5 Å². The number of anilines is 1. The predicted molar refractivity (Wildman–Crippen MR) is 74.4 cm³/mol. The fourth-order valence-corrected chi connectivity index (χ4v) is 2.57. The molecule has 0 amide bonds. The van der Waals surface area contributed by atoms with Crippen molar-refractivity contribution in [1.29, 1.82) is 0 Å². The molecule has 4 heteroatoms. The first-order valence-corrected chi connectivity index (χ1v) is 6.77. The minimum atomic E-state index is -0.974. The summed E-state index contributed by atoms with van der Waals surface area (Å²) in [6.07, 6.45) is 3.41. The van der Waals surface area contributed by atoms with Crippen LogP contribution in [0, 0.1) is 11.8 Å². The lowest BCUT2D eigenvalue weighted by molar-refractivity contribution is 0.0697. The summed E-state index contributed by atoms with van der Waals surface area (Å²) in [4.78, 5) is 10.8. The van der Waals surface area contributed by atoms with Crippen LogP contribution in [0.5, 0.6) is 5.75 Å². The van der Waals surface area contributed by atoms with Crippen LogP contribution >= 0.6 is 0 Å². The van der Waals surface area contributed by atoms with Crippen LogP contribution in [-0.2, 0) is 0 Å². The zero-order chi connectivity index (χ0) is 14.0. The Morgan fingerprint density at radius 2 is 2.05 bits per heavy atom. The zero-order valence-corrected chi connectivity index (χ0v) is 11.4. The smallest absolute Gasteiger partial charge is 0.335 e. The summed E-state index contributed by atoms with van der Waals surface area (Å²) < 4.78 is 5.92. The van der Waals surface area contributed by atoms with Gasteiger partial charge in [-0.2, -0.15) is 0 Å². The Labute approximate surface area is 113 Å². The molecule has 1 aromatic carbocycles. The largest absolute Gasteiger partial charge is 0.488 e. The molecular formula is C15H21NO3. The van der Waals surface area contributed by atoms with Crippen molar-refractivity contribution < 1.29 is 14.6 Å². The van der Waals surface area contributed by atoms with Gasteiger partial charge in [0, 0.05) is 0 Å². The summed E-state index contributed by atoms with van der Waals surface area (Å²) >= 11 is 0. The maximum absolute atomic E-state index is 10.8. The van der Waals surface area contributed by atoms with Crippen LogP contribution in [0.4, 0.5) is 5.69 Å². The Morgan fingerprint density at radius 3 is 2.63 bits per heavy atom. The van der Waals surface area contributed by atoms with Crippen molar-refractivity contribution in [2.45, 2.75) is 39.2 Å². The van der Waals surface area contributed by atoms with Crippen molar-refractivity contribution in [3.63, 3.8) is 0 Å². The molecule has 1 fully saturated rings. The van der Waals surface area contributed by atoms with E-state index in [-0.39, 0.29) is 11.7 Å². The third-order valence-corrected chi connectivity index (χ3v) is 4.10. The highest BCUT2D eigenvalue weighted by Crippen LogP contribution is 2.33. The van der Waals surface area contributed by atoms with Gasteiger partial charge in [-0.1, -0.05) is 13.8 Å². The second-order valence-electron chi connectivity index (χ2n) is 5.57. The highest BCUT2D eigenvalue weighted by atomic mass is 16.5. The molecule has 1 saturated carbocycles. The molecule has 104 valence electrons. The molecule has 1 aromatic rings. The standard InChI is InChI=1S/C15H21NO3/c1-9-3-5-12(7-10(9)2)19-14-6-4-11(15(17)18)8-13(14)16/h4,6,8-10,12H,3,5,7,16H2,1-2H3,(H,17,18). The van der Waals surface area contributed by atoms with Gasteiger partial charge in [-0.05, 0) is 49.3 Å². The number of hydrogen-bond acceptors (Lipinski definition) is 3. The van der Waals surface area contributed by atoms with Crippen LogP contribution in [0.1, 0.15) is 43.5 Å². The number of nitrogens with two attached hydrogens (primary N) is 1. The predicted octanol–water partition coefficient (Wildman–Crippen LogP) is 3.17. The summed E-state index contributed by atoms with van der Waals surface area (Å²) in [6, 6.07) is 4.64. The molecule has 2 rings (SSSR count). The minimum Gasteiger partial charge on any atom is -0.488 e. The highest BCUT2D eigenvalue weighted by molar-refractivity contribution is 5.89. The van der Waals surface area contributed by atoms with Crippen molar-refractivity contribution in [2.75, 3.05) is 5.73 Å². The van der Waals surface area contributed by atoms with Gasteiger partial charge in [0.2, 0.25) is 0 Å². The second kappa shape index (κ2) is 5.51. The van der Waals surface area contributed by atoms with Crippen LogP contribution in [-0.4, -0.2) is 17.2 Å². The Balaban J connectivity index is 2.05. The first kappa shape index (κ1) is 13.7. The van der Waals surface area contributed by atoms with E-state index in [9.17, 15) is 4.79 Å². The third kappa shape index (κ3) is 3.19. The van der Waals surface area contributed by atoms with E-state index in [2.05, 4.69) is 13.8 Å². The maximum atomic E-state index is 10.8. The lowest BCUT2D eigenvalue weighted by Gasteiger charge is -2.32. The fraction of sp³-hybridized carbons (Fsp3) is 0.533. The molecule has 3 atom stereocenters. The van der Waals surface area contributed by atoms with Crippen LogP contribution in [0.3, 0.4) is 0 Å². The van der Waals surface area contributed by atoms with Crippen molar-refractivity contribution in [3.05, 3.63) is 23.8 Å². The summed E-state index contributed by atoms with van der Waals surface area (Å²) in [5.41, 5.74) is 6.43. The molecular weight excluding hydrogens is 242 g/mol. The van der Waals surface area contributed by atoms with Gasteiger partial charge in [0.15, 0.2) is 0 Å². The average molecular weight is 263 g/mol. The Morgan fingerprint density at radius 1 is 1.32 bits per heavy atom. The summed E-state index contributed by atoms with van der Waals surface area (Å²) in [5.74, 6) is 1.01. The quantitative estimate of drug-likeness (QED) is 0.821. The Hall–Kier alpha value is -1.71. The lowest BCUT2D eigenvalue weighted by atomic mass is 9.80. The van der Waals surface area contributed by atoms with Gasteiger partial charge in [-0.25, -0.2) is 4.79 Å². The second-order valence-corrected chi connectivity index (χ2v) is 5.57. The first-order valence-electron chi connectivity index (χ1n) is 6.77. The molecule has 0 saturated heterocycles. The molecule has 0 spiro atoms. The van der Waals surface area contributed by atoms with Gasteiger partial charge >= 0.3 is 5.97 Å². The monoisotopic (exact) mass is 263 g/mol. The number of ether oxygens (including phenoxy) is 1. The third-order valence-electron chi connectivity index (χ3n) is 4.10. The highest BCUT2D eigenvalue weighted by Gasteiger charge is 2.26. The molecule has 3 N–H and O–H groups in total. The molecule has 0 aliphatic heterocycles. The Bertz CT molecular complexity index is 472. The lowest BCUT2D eigenvalue weighted by Crippen LogP contribution is -2.29. The molecule has 0 bridgehead atoms. The van der Waals surface area contributed by atoms with E-state index < -0.39 is 5.97 Å². The van der Waals surface area contributed by atoms with E-state index in [0.29, 0.717) is 17.4 Å². The number of carboxylic acids is 1. The number of hydrogen-bond donors (Lipinski definition) is 2. The molecule has 0 aromatic heterocycles. The molecule has 1 aliphatic rings. The van der Waals surface area contributed by atoms with Gasteiger partial charge < -0.3 is 15.6 Å². The SMILES string of the molecule is CC1CCC(Oc2ccc(C(=O)O)cc2N)CC1C. The molecule has 0 radical (unpaired) electrons. The number of carboxylic acid groups (broad SMARTS) is 1. The van der Waals surface area contributed by atoms with Crippen LogP contribution in [0.25, 0.3) is 0 Å². The van der Waals surface area contributed by atoms with Crippen molar-refractivity contribution in [2.24, 2.45) is 11.8 Å².